The molecular formula is C18H23ClFN3OS. The van der Waals surface area contributed by atoms with Crippen LogP contribution in [-0.4, -0.2) is 24.0 Å². The van der Waals surface area contributed by atoms with Gasteiger partial charge < -0.3 is 10.6 Å². The number of hydrogen-bond donors (Lipinski definition) is 2. The number of carbonyl (C=O) groups excluding carboxylic acids is 1. The van der Waals surface area contributed by atoms with Gasteiger partial charge in [0.1, 0.15) is 10.8 Å². The van der Waals surface area contributed by atoms with Crippen LogP contribution in [0.1, 0.15) is 36.4 Å². The highest BCUT2D eigenvalue weighted by molar-refractivity contribution is 7.15. The van der Waals surface area contributed by atoms with Crippen LogP contribution in [0.3, 0.4) is 0 Å². The summed E-state index contributed by atoms with van der Waals surface area (Å²) >= 11 is 1.55. The Bertz CT molecular complexity index is 714. The van der Waals surface area contributed by atoms with Gasteiger partial charge in [-0.2, -0.15) is 0 Å². The molecule has 2 heterocycles. The van der Waals surface area contributed by atoms with E-state index in [1.807, 2.05) is 13.8 Å². The number of piperidine rings is 1. The first kappa shape index (κ1) is 19.8. The number of thiazole rings is 1. The maximum absolute atomic E-state index is 13.1. The minimum absolute atomic E-state index is 0. The second-order valence-electron chi connectivity index (χ2n) is 6.25. The van der Waals surface area contributed by atoms with E-state index >= 15 is 0 Å². The van der Waals surface area contributed by atoms with E-state index in [4.69, 9.17) is 0 Å². The molecule has 3 rings (SSSR count). The minimum Gasteiger partial charge on any atom is -0.348 e. The van der Waals surface area contributed by atoms with E-state index in [2.05, 4.69) is 15.6 Å². The number of rotatable bonds is 4. The van der Waals surface area contributed by atoms with E-state index in [9.17, 15) is 9.18 Å². The molecule has 0 aliphatic carbocycles. The summed E-state index contributed by atoms with van der Waals surface area (Å²) in [6, 6.07) is 6.26. The van der Waals surface area contributed by atoms with Crippen LogP contribution in [-0.2, 0) is 4.79 Å². The summed E-state index contributed by atoms with van der Waals surface area (Å²) in [6.45, 7) is 5.68. The molecule has 1 aromatic heterocycles. The number of nitrogens with zero attached hydrogens (tertiary/aromatic N) is 1. The topological polar surface area (TPSA) is 54.0 Å². The fourth-order valence-electron chi connectivity index (χ4n) is 3.00. The predicted octanol–water partition coefficient (Wildman–Crippen LogP) is 3.86. The maximum atomic E-state index is 13.1. The summed E-state index contributed by atoms with van der Waals surface area (Å²) < 4.78 is 13.1. The Morgan fingerprint density at radius 1 is 1.40 bits per heavy atom. The van der Waals surface area contributed by atoms with Crippen molar-refractivity contribution in [2.45, 2.75) is 32.7 Å². The van der Waals surface area contributed by atoms with Crippen LogP contribution in [0, 0.1) is 18.7 Å². The molecule has 1 fully saturated rings. The lowest BCUT2D eigenvalue weighted by atomic mass is 9.98. The molecule has 0 spiro atoms. The summed E-state index contributed by atoms with van der Waals surface area (Å²) in [6.07, 6.45) is 1.98. The number of benzene rings is 1. The first-order chi connectivity index (χ1) is 11.5. The Kier molecular flexibility index (Phi) is 6.93. The van der Waals surface area contributed by atoms with Crippen LogP contribution >= 0.6 is 23.7 Å². The molecule has 1 amide bonds. The van der Waals surface area contributed by atoms with Gasteiger partial charge in [-0.1, -0.05) is 0 Å². The summed E-state index contributed by atoms with van der Waals surface area (Å²) in [4.78, 5) is 18.0. The molecule has 136 valence electrons. The van der Waals surface area contributed by atoms with Crippen LogP contribution in [0.4, 0.5) is 4.39 Å². The third kappa shape index (κ3) is 4.77. The molecule has 1 saturated heterocycles. The molecule has 1 aliphatic heterocycles. The quantitative estimate of drug-likeness (QED) is 0.843. The van der Waals surface area contributed by atoms with Crippen molar-refractivity contribution in [3.05, 3.63) is 40.7 Å². The van der Waals surface area contributed by atoms with E-state index in [1.54, 1.807) is 23.5 Å². The number of amides is 1. The Morgan fingerprint density at radius 3 is 2.76 bits per heavy atom. The van der Waals surface area contributed by atoms with Crippen molar-refractivity contribution in [3.63, 3.8) is 0 Å². The second kappa shape index (κ2) is 8.74. The van der Waals surface area contributed by atoms with E-state index in [-0.39, 0.29) is 36.1 Å². The third-order valence-electron chi connectivity index (χ3n) is 4.34. The Morgan fingerprint density at radius 2 is 2.12 bits per heavy atom. The lowest BCUT2D eigenvalue weighted by Crippen LogP contribution is -2.41. The summed E-state index contributed by atoms with van der Waals surface area (Å²) in [5.74, 6) is -0.106. The molecule has 2 N–H and O–H groups in total. The van der Waals surface area contributed by atoms with Crippen molar-refractivity contribution in [2.24, 2.45) is 5.92 Å². The summed E-state index contributed by atoms with van der Waals surface area (Å²) in [5.41, 5.74) is 1.81. The van der Waals surface area contributed by atoms with Crippen molar-refractivity contribution in [1.82, 2.24) is 15.6 Å². The molecule has 2 unspecified atom stereocenters. The van der Waals surface area contributed by atoms with E-state index in [0.29, 0.717) is 0 Å². The fourth-order valence-corrected chi connectivity index (χ4v) is 4.07. The van der Waals surface area contributed by atoms with Gasteiger partial charge in [0.2, 0.25) is 5.91 Å². The van der Waals surface area contributed by atoms with Crippen molar-refractivity contribution >= 4 is 29.7 Å². The van der Waals surface area contributed by atoms with E-state index in [1.165, 1.54) is 12.1 Å². The average Bonchev–Trinajstić information content (AvgIpc) is 2.98. The fraction of sp³-hybridized carbons (Fsp3) is 0.444. The molecule has 0 radical (unpaired) electrons. The lowest BCUT2D eigenvalue weighted by molar-refractivity contribution is -0.126. The molecular weight excluding hydrogens is 361 g/mol. The van der Waals surface area contributed by atoms with Crippen LogP contribution in [0.5, 0.6) is 0 Å². The largest absolute Gasteiger partial charge is 0.348 e. The minimum atomic E-state index is -0.256. The van der Waals surface area contributed by atoms with Crippen molar-refractivity contribution in [2.75, 3.05) is 13.1 Å². The third-order valence-corrected chi connectivity index (χ3v) is 5.73. The van der Waals surface area contributed by atoms with Gasteiger partial charge in [0, 0.05) is 12.1 Å². The first-order valence-electron chi connectivity index (χ1n) is 8.29. The number of aromatic nitrogens is 1. The maximum Gasteiger partial charge on any atom is 0.224 e. The van der Waals surface area contributed by atoms with Gasteiger partial charge in [-0.05, 0) is 57.5 Å². The highest BCUT2D eigenvalue weighted by atomic mass is 35.5. The van der Waals surface area contributed by atoms with Gasteiger partial charge in [0.25, 0.3) is 0 Å². The summed E-state index contributed by atoms with van der Waals surface area (Å²) in [5, 5.41) is 7.23. The Balaban J connectivity index is 0.00000225. The van der Waals surface area contributed by atoms with E-state index < -0.39 is 0 Å². The van der Waals surface area contributed by atoms with Crippen molar-refractivity contribution in [1.29, 1.82) is 0 Å². The molecule has 0 saturated carbocycles. The van der Waals surface area contributed by atoms with E-state index in [0.717, 1.165) is 47.1 Å². The van der Waals surface area contributed by atoms with Crippen molar-refractivity contribution in [3.8, 4) is 10.6 Å². The number of halogens is 2. The highest BCUT2D eigenvalue weighted by Gasteiger charge is 2.24. The smallest absolute Gasteiger partial charge is 0.224 e. The first-order valence-corrected chi connectivity index (χ1v) is 9.10. The van der Waals surface area contributed by atoms with Gasteiger partial charge in [-0.15, -0.1) is 23.7 Å². The van der Waals surface area contributed by atoms with Gasteiger partial charge >= 0.3 is 0 Å². The normalized spacial score (nSPS) is 18.3. The Labute approximate surface area is 157 Å². The number of carbonyl (C=O) groups is 1. The van der Waals surface area contributed by atoms with Crippen LogP contribution < -0.4 is 10.6 Å². The monoisotopic (exact) mass is 383 g/mol. The molecule has 4 nitrogen and oxygen atoms in total. The molecule has 1 aromatic carbocycles. The van der Waals surface area contributed by atoms with Crippen LogP contribution in [0.15, 0.2) is 24.3 Å². The molecule has 0 bridgehead atoms. The van der Waals surface area contributed by atoms with Gasteiger partial charge in [0.05, 0.1) is 22.5 Å². The molecule has 1 aliphatic rings. The average molecular weight is 384 g/mol. The summed E-state index contributed by atoms with van der Waals surface area (Å²) in [7, 11) is 0. The number of aryl methyl sites for hydroxylation is 1. The zero-order chi connectivity index (χ0) is 17.1. The van der Waals surface area contributed by atoms with Crippen LogP contribution in [0.2, 0.25) is 0 Å². The van der Waals surface area contributed by atoms with Crippen LogP contribution in [0.25, 0.3) is 10.6 Å². The SMILES string of the molecule is Cc1nc(-c2ccc(F)cc2)sc1C(C)NC(=O)C1CCCNC1.Cl. The van der Waals surface area contributed by atoms with Gasteiger partial charge in [-0.25, -0.2) is 9.37 Å². The number of nitrogens with one attached hydrogen (secondary N) is 2. The van der Waals surface area contributed by atoms with Crippen molar-refractivity contribution < 1.29 is 9.18 Å². The second-order valence-corrected chi connectivity index (χ2v) is 7.28. The zero-order valence-corrected chi connectivity index (χ0v) is 16.0. The van der Waals surface area contributed by atoms with Gasteiger partial charge in [0.15, 0.2) is 0 Å². The molecule has 25 heavy (non-hydrogen) atoms. The standard InChI is InChI=1S/C18H22FN3OS.ClH/c1-11(21-17(23)14-4-3-9-20-10-14)16-12(2)22-18(24-16)13-5-7-15(19)8-6-13;/h5-8,11,14,20H,3-4,9-10H2,1-2H3,(H,21,23);1H. The highest BCUT2D eigenvalue weighted by Crippen LogP contribution is 2.32. The molecule has 2 aromatic rings. The lowest BCUT2D eigenvalue weighted by Gasteiger charge is -2.23. The molecule has 7 heteroatoms. The zero-order valence-electron chi connectivity index (χ0n) is 14.3. The van der Waals surface area contributed by atoms with Gasteiger partial charge in [-0.3, -0.25) is 4.79 Å². The molecule has 2 atom stereocenters. The Hall–Kier alpha value is -1.50. The predicted molar refractivity (Wildman–Crippen MR) is 102 cm³/mol. The number of hydrogen-bond acceptors (Lipinski definition) is 4.